The SMILES string of the molecule is Cc1cn2cc(NC(=O)c3cnc(N4CCNC(C)C4)c(F)c3)cc(F)c2n1.Cl. The molecule has 1 aliphatic heterocycles. The van der Waals surface area contributed by atoms with E-state index >= 15 is 0 Å². The molecule has 1 unspecified atom stereocenters. The van der Waals surface area contributed by atoms with Crippen LogP contribution in [0.5, 0.6) is 0 Å². The van der Waals surface area contributed by atoms with Crippen molar-refractivity contribution in [1.29, 1.82) is 0 Å². The summed E-state index contributed by atoms with van der Waals surface area (Å²) in [7, 11) is 0. The molecule has 2 N–H and O–H groups in total. The number of hydrogen-bond acceptors (Lipinski definition) is 5. The van der Waals surface area contributed by atoms with Gasteiger partial charge in [0.25, 0.3) is 5.91 Å². The zero-order valence-corrected chi connectivity index (χ0v) is 16.8. The molecule has 4 rings (SSSR count). The number of amides is 1. The molecule has 0 aliphatic carbocycles. The molecule has 3 aromatic heterocycles. The highest BCUT2D eigenvalue weighted by molar-refractivity contribution is 6.04. The summed E-state index contributed by atoms with van der Waals surface area (Å²) in [6, 6.07) is 2.56. The van der Waals surface area contributed by atoms with Crippen molar-refractivity contribution in [2.75, 3.05) is 29.9 Å². The van der Waals surface area contributed by atoms with Gasteiger partial charge in [-0.3, -0.25) is 4.79 Å². The summed E-state index contributed by atoms with van der Waals surface area (Å²) >= 11 is 0. The molecule has 1 amide bonds. The third-order valence-corrected chi connectivity index (χ3v) is 4.64. The molecule has 0 saturated carbocycles. The summed E-state index contributed by atoms with van der Waals surface area (Å²) < 4.78 is 30.2. The minimum atomic E-state index is -0.567. The first kappa shape index (κ1) is 20.9. The number of hydrogen-bond donors (Lipinski definition) is 2. The Morgan fingerprint density at radius 1 is 1.28 bits per heavy atom. The third kappa shape index (κ3) is 4.30. The number of aryl methyl sites for hydroxylation is 1. The van der Waals surface area contributed by atoms with Crippen LogP contribution >= 0.6 is 12.4 Å². The molecule has 1 aliphatic rings. The van der Waals surface area contributed by atoms with Crippen molar-refractivity contribution in [2.24, 2.45) is 0 Å². The van der Waals surface area contributed by atoms with Crippen LogP contribution in [0.25, 0.3) is 5.65 Å². The van der Waals surface area contributed by atoms with Crippen LogP contribution in [0.15, 0.2) is 30.7 Å². The fourth-order valence-electron chi connectivity index (χ4n) is 3.36. The Balaban J connectivity index is 0.00000240. The molecule has 0 radical (unpaired) electrons. The molecule has 1 atom stereocenters. The zero-order valence-electron chi connectivity index (χ0n) is 15.9. The van der Waals surface area contributed by atoms with E-state index in [1.165, 1.54) is 16.7 Å². The first-order chi connectivity index (χ1) is 13.4. The maximum atomic E-state index is 14.6. The number of halogens is 3. The quantitative estimate of drug-likeness (QED) is 0.679. The number of nitrogens with one attached hydrogen (secondary N) is 2. The average molecular weight is 423 g/mol. The largest absolute Gasteiger partial charge is 0.351 e. The van der Waals surface area contributed by atoms with E-state index in [2.05, 4.69) is 20.6 Å². The van der Waals surface area contributed by atoms with Crippen LogP contribution < -0.4 is 15.5 Å². The second-order valence-electron chi connectivity index (χ2n) is 6.97. The van der Waals surface area contributed by atoms with Crippen molar-refractivity contribution in [1.82, 2.24) is 19.7 Å². The van der Waals surface area contributed by atoms with E-state index in [1.54, 1.807) is 19.3 Å². The van der Waals surface area contributed by atoms with E-state index in [9.17, 15) is 13.6 Å². The molecule has 10 heteroatoms. The predicted molar refractivity (Wildman–Crippen MR) is 109 cm³/mol. The molecular formula is C19H21ClF2N6O. The molecule has 154 valence electrons. The van der Waals surface area contributed by atoms with Gasteiger partial charge in [0, 0.05) is 50.3 Å². The van der Waals surface area contributed by atoms with Crippen LogP contribution in [0.3, 0.4) is 0 Å². The van der Waals surface area contributed by atoms with E-state index < -0.39 is 17.5 Å². The van der Waals surface area contributed by atoms with Crippen molar-refractivity contribution in [3.05, 3.63) is 53.6 Å². The van der Waals surface area contributed by atoms with Gasteiger partial charge in [-0.1, -0.05) is 0 Å². The number of pyridine rings is 2. The first-order valence-electron chi connectivity index (χ1n) is 9.01. The van der Waals surface area contributed by atoms with Gasteiger partial charge < -0.3 is 19.9 Å². The summed E-state index contributed by atoms with van der Waals surface area (Å²) in [6.45, 7) is 5.79. The van der Waals surface area contributed by atoms with Gasteiger partial charge in [0.05, 0.1) is 16.9 Å². The van der Waals surface area contributed by atoms with E-state index in [1.807, 2.05) is 11.8 Å². The third-order valence-electron chi connectivity index (χ3n) is 4.64. The summed E-state index contributed by atoms with van der Waals surface area (Å²) in [5, 5.41) is 5.86. The van der Waals surface area contributed by atoms with E-state index in [-0.39, 0.29) is 41.2 Å². The Labute approximate surface area is 172 Å². The van der Waals surface area contributed by atoms with Gasteiger partial charge in [-0.25, -0.2) is 18.7 Å². The van der Waals surface area contributed by atoms with Gasteiger partial charge in [0.15, 0.2) is 23.1 Å². The van der Waals surface area contributed by atoms with Gasteiger partial charge in [-0.05, 0) is 19.9 Å². The molecular weight excluding hydrogens is 402 g/mol. The van der Waals surface area contributed by atoms with Crippen molar-refractivity contribution in [2.45, 2.75) is 19.9 Å². The lowest BCUT2D eigenvalue weighted by molar-refractivity contribution is 0.102. The van der Waals surface area contributed by atoms with E-state index in [4.69, 9.17) is 0 Å². The fraction of sp³-hybridized carbons (Fsp3) is 0.316. The van der Waals surface area contributed by atoms with Crippen LogP contribution in [0.1, 0.15) is 23.0 Å². The maximum Gasteiger partial charge on any atom is 0.257 e. The van der Waals surface area contributed by atoms with Crippen LogP contribution in [0.2, 0.25) is 0 Å². The Morgan fingerprint density at radius 2 is 2.07 bits per heavy atom. The second kappa shape index (κ2) is 8.30. The number of nitrogens with zero attached hydrogens (tertiary/aromatic N) is 4. The van der Waals surface area contributed by atoms with E-state index in [0.717, 1.165) is 12.6 Å². The number of carbonyl (C=O) groups is 1. The molecule has 4 heterocycles. The molecule has 3 aromatic rings. The molecule has 0 spiro atoms. The van der Waals surface area contributed by atoms with Gasteiger partial charge >= 0.3 is 0 Å². The smallest absolute Gasteiger partial charge is 0.257 e. The minimum Gasteiger partial charge on any atom is -0.351 e. The van der Waals surface area contributed by atoms with Crippen molar-refractivity contribution in [3.63, 3.8) is 0 Å². The van der Waals surface area contributed by atoms with Crippen LogP contribution in [-0.4, -0.2) is 46.0 Å². The Bertz CT molecular complexity index is 1060. The lowest BCUT2D eigenvalue weighted by Gasteiger charge is -2.32. The second-order valence-corrected chi connectivity index (χ2v) is 6.97. The highest BCUT2D eigenvalue weighted by Gasteiger charge is 2.21. The molecule has 7 nitrogen and oxygen atoms in total. The predicted octanol–water partition coefficient (Wildman–Crippen LogP) is 2.79. The van der Waals surface area contributed by atoms with Gasteiger partial charge in [-0.15, -0.1) is 12.4 Å². The Morgan fingerprint density at radius 3 is 2.79 bits per heavy atom. The highest BCUT2D eigenvalue weighted by Crippen LogP contribution is 2.20. The number of aromatic nitrogens is 3. The molecule has 1 fully saturated rings. The number of rotatable bonds is 3. The highest BCUT2D eigenvalue weighted by atomic mass is 35.5. The van der Waals surface area contributed by atoms with Crippen LogP contribution in [0, 0.1) is 18.6 Å². The maximum absolute atomic E-state index is 14.6. The summed E-state index contributed by atoms with van der Waals surface area (Å²) in [6.07, 6.45) is 4.53. The number of piperazine rings is 1. The number of fused-ring (bicyclic) bond motifs is 1. The number of anilines is 2. The molecule has 0 aromatic carbocycles. The number of carbonyl (C=O) groups excluding carboxylic acids is 1. The molecule has 1 saturated heterocycles. The normalized spacial score (nSPS) is 16.6. The van der Waals surface area contributed by atoms with Crippen molar-refractivity contribution >= 4 is 35.5 Å². The summed E-state index contributed by atoms with van der Waals surface area (Å²) in [4.78, 5) is 22.5. The summed E-state index contributed by atoms with van der Waals surface area (Å²) in [5.74, 6) is -1.46. The van der Waals surface area contributed by atoms with E-state index in [0.29, 0.717) is 18.8 Å². The molecule has 0 bridgehead atoms. The van der Waals surface area contributed by atoms with Crippen molar-refractivity contribution in [3.8, 4) is 0 Å². The number of imidazole rings is 1. The van der Waals surface area contributed by atoms with Gasteiger partial charge in [0.2, 0.25) is 0 Å². The minimum absolute atomic E-state index is 0. The van der Waals surface area contributed by atoms with Crippen molar-refractivity contribution < 1.29 is 13.6 Å². The first-order valence-corrected chi connectivity index (χ1v) is 9.01. The summed E-state index contributed by atoms with van der Waals surface area (Å²) in [5.41, 5.74) is 1.14. The van der Waals surface area contributed by atoms with Crippen LogP contribution in [0.4, 0.5) is 20.3 Å². The topological polar surface area (TPSA) is 74.6 Å². The fourth-order valence-corrected chi connectivity index (χ4v) is 3.36. The van der Waals surface area contributed by atoms with Crippen LogP contribution in [-0.2, 0) is 0 Å². The Hall–Kier alpha value is -2.78. The standard InChI is InChI=1S/C19H20F2N6O.ClH/c1-11-8-26(4-3-22-11)17-15(20)5-13(7-23-17)19(28)25-14-6-16(21)18-24-12(2)9-27(18)10-14;/h5-7,9-11,22H,3-4,8H2,1-2H3,(H,25,28);1H. The monoisotopic (exact) mass is 422 g/mol. The zero-order chi connectivity index (χ0) is 19.8. The Kier molecular flexibility index (Phi) is 5.99. The lowest BCUT2D eigenvalue weighted by Crippen LogP contribution is -2.49. The molecule has 29 heavy (non-hydrogen) atoms. The average Bonchev–Trinajstić information content (AvgIpc) is 3.02. The van der Waals surface area contributed by atoms with Gasteiger partial charge in [-0.2, -0.15) is 0 Å². The lowest BCUT2D eigenvalue weighted by atomic mass is 10.2. The van der Waals surface area contributed by atoms with Gasteiger partial charge in [0.1, 0.15) is 0 Å².